The van der Waals surface area contributed by atoms with Gasteiger partial charge in [0, 0.05) is 0 Å². The number of esters is 2. The van der Waals surface area contributed by atoms with Crippen LogP contribution in [0.2, 0.25) is 0 Å². The number of hydrogen-bond donors (Lipinski definition) is 0. The first-order valence-electron chi connectivity index (χ1n) is 5.47. The van der Waals surface area contributed by atoms with Crippen LogP contribution >= 0.6 is 0 Å². The monoisotopic (exact) mass is 216 g/mol. The fourth-order valence-electron chi connectivity index (χ4n) is 2.80. The molecule has 82 valence electrons. The number of carbonyl (C=O) groups excluding carboxylic acids is 2. The van der Waals surface area contributed by atoms with Crippen LogP contribution in [-0.2, 0) is 20.7 Å². The van der Waals surface area contributed by atoms with Crippen molar-refractivity contribution in [1.29, 1.82) is 0 Å². The molecule has 0 bridgehead atoms. The zero-order valence-corrected chi connectivity index (χ0v) is 9.03. The summed E-state index contributed by atoms with van der Waals surface area (Å²) in [4.78, 5) is 23.5. The van der Waals surface area contributed by atoms with E-state index in [0.717, 1.165) is 17.5 Å². The second kappa shape index (κ2) is 2.94. The summed E-state index contributed by atoms with van der Waals surface area (Å²) < 4.78 is 4.79. The lowest BCUT2D eigenvalue weighted by Gasteiger charge is -2.31. The van der Waals surface area contributed by atoms with E-state index in [2.05, 4.69) is 0 Å². The van der Waals surface area contributed by atoms with Crippen molar-refractivity contribution in [3.8, 4) is 0 Å². The normalized spacial score (nSPS) is 31.9. The Morgan fingerprint density at radius 1 is 1.31 bits per heavy atom. The lowest BCUT2D eigenvalue weighted by atomic mass is 9.66. The third kappa shape index (κ3) is 1.03. The van der Waals surface area contributed by atoms with Crippen LogP contribution in [-0.4, -0.2) is 11.9 Å². The molecule has 0 saturated carbocycles. The predicted octanol–water partition coefficient (Wildman–Crippen LogP) is 1.81. The first kappa shape index (κ1) is 9.58. The summed E-state index contributed by atoms with van der Waals surface area (Å²) in [6.45, 7) is 1.83. The Morgan fingerprint density at radius 3 is 2.88 bits per heavy atom. The molecule has 0 amide bonds. The molecule has 3 rings (SSSR count). The highest BCUT2D eigenvalue weighted by Gasteiger charge is 2.56. The standard InChI is InChI=1S/C13H12O3/c1-13-7-6-8-4-2-3-5-9(8)10(13)11(14)16-12(13)15/h2-5,10H,6-7H2,1H3. The fraction of sp³-hybridized carbons (Fsp3) is 0.385. The molecule has 1 aromatic carbocycles. The van der Waals surface area contributed by atoms with E-state index in [9.17, 15) is 9.59 Å². The van der Waals surface area contributed by atoms with Crippen LogP contribution in [0.15, 0.2) is 24.3 Å². The second-order valence-corrected chi connectivity index (χ2v) is 4.76. The average molecular weight is 216 g/mol. The van der Waals surface area contributed by atoms with E-state index in [4.69, 9.17) is 4.74 Å². The maximum atomic E-state index is 11.7. The second-order valence-electron chi connectivity index (χ2n) is 4.76. The molecule has 1 aromatic rings. The Bertz CT molecular complexity index is 492. The molecule has 1 aliphatic carbocycles. The first-order valence-corrected chi connectivity index (χ1v) is 5.47. The summed E-state index contributed by atoms with van der Waals surface area (Å²) in [5.74, 6) is -1.15. The molecule has 3 nitrogen and oxygen atoms in total. The van der Waals surface area contributed by atoms with Crippen molar-refractivity contribution in [3.05, 3.63) is 35.4 Å². The largest absolute Gasteiger partial charge is 0.392 e. The van der Waals surface area contributed by atoms with Gasteiger partial charge in [-0.1, -0.05) is 24.3 Å². The Balaban J connectivity index is 2.20. The summed E-state index contributed by atoms with van der Waals surface area (Å²) in [5.41, 5.74) is 1.48. The van der Waals surface area contributed by atoms with Gasteiger partial charge in [0.25, 0.3) is 0 Å². The average Bonchev–Trinajstić information content (AvgIpc) is 2.50. The van der Waals surface area contributed by atoms with E-state index in [0.29, 0.717) is 6.42 Å². The number of carbonyl (C=O) groups is 2. The van der Waals surface area contributed by atoms with Crippen LogP contribution in [0.1, 0.15) is 30.4 Å². The minimum absolute atomic E-state index is 0.364. The zero-order valence-electron chi connectivity index (χ0n) is 9.03. The van der Waals surface area contributed by atoms with Crippen LogP contribution in [0.4, 0.5) is 0 Å². The topological polar surface area (TPSA) is 43.4 Å². The molecule has 1 saturated heterocycles. The fourth-order valence-corrected chi connectivity index (χ4v) is 2.80. The molecular formula is C13H12O3. The quantitative estimate of drug-likeness (QED) is 0.490. The Hall–Kier alpha value is -1.64. The molecule has 3 heteroatoms. The van der Waals surface area contributed by atoms with Crippen molar-refractivity contribution in [2.75, 3.05) is 0 Å². The Morgan fingerprint density at radius 2 is 2.06 bits per heavy atom. The van der Waals surface area contributed by atoms with Crippen molar-refractivity contribution in [2.45, 2.75) is 25.7 Å². The van der Waals surface area contributed by atoms with Crippen molar-refractivity contribution < 1.29 is 14.3 Å². The van der Waals surface area contributed by atoms with Crippen LogP contribution in [0.5, 0.6) is 0 Å². The SMILES string of the molecule is CC12CCc3ccccc3C1C(=O)OC2=O. The van der Waals surface area contributed by atoms with Gasteiger partial charge in [-0.3, -0.25) is 9.59 Å². The molecular weight excluding hydrogens is 204 g/mol. The Kier molecular flexibility index (Phi) is 1.76. The van der Waals surface area contributed by atoms with Gasteiger partial charge in [0.15, 0.2) is 0 Å². The number of benzene rings is 1. The van der Waals surface area contributed by atoms with Gasteiger partial charge in [0.05, 0.1) is 11.3 Å². The van der Waals surface area contributed by atoms with Gasteiger partial charge in [-0.25, -0.2) is 0 Å². The van der Waals surface area contributed by atoms with Crippen LogP contribution < -0.4 is 0 Å². The van der Waals surface area contributed by atoms with E-state index in [1.807, 2.05) is 31.2 Å². The first-order chi connectivity index (χ1) is 7.63. The summed E-state index contributed by atoms with van der Waals surface area (Å²) >= 11 is 0. The van der Waals surface area contributed by atoms with Crippen molar-refractivity contribution in [1.82, 2.24) is 0 Å². The molecule has 0 radical (unpaired) electrons. The highest BCUT2D eigenvalue weighted by molar-refractivity contribution is 6.02. The number of fused-ring (bicyclic) bond motifs is 3. The highest BCUT2D eigenvalue weighted by atomic mass is 16.6. The summed E-state index contributed by atoms with van der Waals surface area (Å²) in [6.07, 6.45) is 1.53. The Labute approximate surface area is 93.4 Å². The number of hydrogen-bond acceptors (Lipinski definition) is 3. The molecule has 0 spiro atoms. The van der Waals surface area contributed by atoms with E-state index in [-0.39, 0.29) is 11.9 Å². The van der Waals surface area contributed by atoms with Gasteiger partial charge in [-0.15, -0.1) is 0 Å². The number of aryl methyl sites for hydroxylation is 1. The lowest BCUT2D eigenvalue weighted by Crippen LogP contribution is -2.33. The molecule has 2 unspecified atom stereocenters. The molecule has 1 heterocycles. The molecule has 0 N–H and O–H groups in total. The number of cyclic esters (lactones) is 2. The third-order valence-corrected chi connectivity index (χ3v) is 3.81. The summed E-state index contributed by atoms with van der Waals surface area (Å²) in [6, 6.07) is 7.81. The third-order valence-electron chi connectivity index (χ3n) is 3.81. The lowest BCUT2D eigenvalue weighted by molar-refractivity contribution is -0.155. The molecule has 1 fully saturated rings. The van der Waals surface area contributed by atoms with Crippen molar-refractivity contribution in [2.24, 2.45) is 5.41 Å². The van der Waals surface area contributed by atoms with Gasteiger partial charge < -0.3 is 4.74 Å². The van der Waals surface area contributed by atoms with Gasteiger partial charge in [-0.2, -0.15) is 0 Å². The van der Waals surface area contributed by atoms with Crippen LogP contribution in [0.25, 0.3) is 0 Å². The van der Waals surface area contributed by atoms with Gasteiger partial charge in [0.2, 0.25) is 0 Å². The van der Waals surface area contributed by atoms with Crippen molar-refractivity contribution >= 4 is 11.9 Å². The minimum atomic E-state index is -0.647. The number of ether oxygens (including phenoxy) is 1. The minimum Gasteiger partial charge on any atom is -0.392 e. The van der Waals surface area contributed by atoms with Gasteiger partial charge in [-0.05, 0) is 30.9 Å². The smallest absolute Gasteiger partial charge is 0.322 e. The summed E-state index contributed by atoms with van der Waals surface area (Å²) in [7, 11) is 0. The van der Waals surface area contributed by atoms with Crippen molar-refractivity contribution in [3.63, 3.8) is 0 Å². The number of rotatable bonds is 0. The van der Waals surface area contributed by atoms with E-state index in [1.165, 1.54) is 0 Å². The highest BCUT2D eigenvalue weighted by Crippen LogP contribution is 2.50. The molecule has 0 aromatic heterocycles. The van der Waals surface area contributed by atoms with E-state index in [1.54, 1.807) is 0 Å². The predicted molar refractivity (Wildman–Crippen MR) is 56.7 cm³/mol. The summed E-state index contributed by atoms with van der Waals surface area (Å²) in [5, 5.41) is 0. The van der Waals surface area contributed by atoms with Gasteiger partial charge >= 0.3 is 11.9 Å². The zero-order chi connectivity index (χ0) is 11.3. The molecule has 16 heavy (non-hydrogen) atoms. The van der Waals surface area contributed by atoms with Gasteiger partial charge in [0.1, 0.15) is 0 Å². The molecule has 2 aliphatic rings. The maximum Gasteiger partial charge on any atom is 0.322 e. The van der Waals surface area contributed by atoms with Crippen LogP contribution in [0, 0.1) is 5.41 Å². The maximum absolute atomic E-state index is 11.7. The van der Waals surface area contributed by atoms with E-state index < -0.39 is 11.3 Å². The van der Waals surface area contributed by atoms with E-state index >= 15 is 0 Å². The molecule has 1 aliphatic heterocycles. The van der Waals surface area contributed by atoms with Crippen LogP contribution in [0.3, 0.4) is 0 Å². The molecule has 2 atom stereocenters.